The molecule has 144 valence electrons. The lowest BCUT2D eigenvalue weighted by molar-refractivity contribution is -0.116. The third-order valence-corrected chi connectivity index (χ3v) is 6.06. The normalized spacial score (nSPS) is 11.2. The zero-order valence-electron chi connectivity index (χ0n) is 15.3. The van der Waals surface area contributed by atoms with Crippen molar-refractivity contribution in [3.63, 3.8) is 0 Å². The van der Waals surface area contributed by atoms with Crippen LogP contribution in [0.1, 0.15) is 4.88 Å². The number of hydrogen-bond acceptors (Lipinski definition) is 7. The minimum Gasteiger partial charge on any atom is -0.315 e. The Hall–Kier alpha value is -3.05. The zero-order chi connectivity index (χ0) is 20.0. The molecule has 0 fully saturated rings. The Kier molecular flexibility index (Phi) is 4.47. The fraction of sp³-hybridized carbons (Fsp3) is 0.235. The number of carbonyl (C=O) groups excluding carboxylic acids is 1. The lowest BCUT2D eigenvalue weighted by Crippen LogP contribution is -2.37. The Balaban J connectivity index is 1.57. The van der Waals surface area contributed by atoms with E-state index in [1.165, 1.54) is 45.8 Å². The van der Waals surface area contributed by atoms with E-state index in [1.807, 2.05) is 24.4 Å². The van der Waals surface area contributed by atoms with Crippen LogP contribution in [0.25, 0.3) is 21.7 Å². The predicted octanol–water partition coefficient (Wildman–Crippen LogP) is 1.57. The monoisotopic (exact) mass is 416 g/mol. The first-order valence-electron chi connectivity index (χ1n) is 8.28. The predicted molar refractivity (Wildman–Crippen MR) is 109 cm³/mol. The highest BCUT2D eigenvalue weighted by Gasteiger charge is 2.16. The van der Waals surface area contributed by atoms with Gasteiger partial charge in [-0.25, -0.2) is 14.8 Å². The first-order valence-corrected chi connectivity index (χ1v) is 9.98. The van der Waals surface area contributed by atoms with Crippen molar-refractivity contribution >= 4 is 44.9 Å². The summed E-state index contributed by atoms with van der Waals surface area (Å²) in [5.41, 5.74) is 0.300. The van der Waals surface area contributed by atoms with Crippen molar-refractivity contribution in [2.45, 2.75) is 13.5 Å². The number of amides is 1. The summed E-state index contributed by atoms with van der Waals surface area (Å²) in [4.78, 5) is 47.7. The van der Waals surface area contributed by atoms with Crippen LogP contribution in [0, 0.1) is 6.92 Å². The molecule has 0 spiro atoms. The number of thiazole rings is 1. The second-order valence-electron chi connectivity index (χ2n) is 6.25. The van der Waals surface area contributed by atoms with E-state index >= 15 is 0 Å². The molecule has 0 saturated carbocycles. The van der Waals surface area contributed by atoms with Crippen LogP contribution < -0.4 is 16.6 Å². The van der Waals surface area contributed by atoms with Crippen LogP contribution in [0.4, 0.5) is 5.13 Å². The number of fused-ring (bicyclic) bond motifs is 1. The molecule has 4 heterocycles. The zero-order valence-corrected chi connectivity index (χ0v) is 16.9. The molecule has 4 aromatic rings. The number of hydrogen-bond donors (Lipinski definition) is 1. The number of anilines is 1. The van der Waals surface area contributed by atoms with Gasteiger partial charge in [-0.05, 0) is 19.1 Å². The van der Waals surface area contributed by atoms with Gasteiger partial charge in [0, 0.05) is 24.4 Å². The van der Waals surface area contributed by atoms with Crippen molar-refractivity contribution in [1.29, 1.82) is 0 Å². The van der Waals surface area contributed by atoms with Gasteiger partial charge < -0.3 is 9.88 Å². The molecule has 0 atom stereocenters. The van der Waals surface area contributed by atoms with Gasteiger partial charge >= 0.3 is 5.69 Å². The first kappa shape index (κ1) is 18.3. The summed E-state index contributed by atoms with van der Waals surface area (Å²) >= 11 is 2.97. The topological polar surface area (TPSA) is 104 Å². The number of imidazole rings is 1. The molecule has 0 bridgehead atoms. The van der Waals surface area contributed by atoms with Crippen LogP contribution in [-0.4, -0.2) is 29.6 Å². The molecule has 0 aromatic carbocycles. The maximum Gasteiger partial charge on any atom is 0.332 e. The molecule has 0 radical (unpaired) electrons. The van der Waals surface area contributed by atoms with Gasteiger partial charge in [0.2, 0.25) is 5.91 Å². The van der Waals surface area contributed by atoms with E-state index < -0.39 is 11.2 Å². The molecule has 0 aliphatic rings. The summed E-state index contributed by atoms with van der Waals surface area (Å²) in [6.45, 7) is 1.91. The van der Waals surface area contributed by atoms with Gasteiger partial charge in [0.15, 0.2) is 16.3 Å². The van der Waals surface area contributed by atoms with Gasteiger partial charge in [-0.2, -0.15) is 0 Å². The highest BCUT2D eigenvalue weighted by atomic mass is 32.1. The Bertz CT molecular complexity index is 1320. The average Bonchev–Trinajstić information content (AvgIpc) is 3.38. The maximum absolute atomic E-state index is 12.5. The standard InChI is InChI=1S/C17H16N6O3S2/c1-9-4-5-11(28-9)10-7-27-16(19-10)20-12(24)6-23-8-18-14-13(23)15(25)22(3)17(26)21(14)2/h4-5,7-8H,6H2,1-3H3,(H,19,20,24). The average molecular weight is 416 g/mol. The van der Waals surface area contributed by atoms with Gasteiger partial charge in [-0.1, -0.05) is 0 Å². The molecule has 1 N–H and O–H groups in total. The van der Waals surface area contributed by atoms with E-state index in [0.29, 0.717) is 5.13 Å². The smallest absolute Gasteiger partial charge is 0.315 e. The van der Waals surface area contributed by atoms with Crippen LogP contribution in [0.15, 0.2) is 33.4 Å². The summed E-state index contributed by atoms with van der Waals surface area (Å²) in [7, 11) is 2.93. The summed E-state index contributed by atoms with van der Waals surface area (Å²) in [6, 6.07) is 4.02. The van der Waals surface area contributed by atoms with E-state index in [9.17, 15) is 14.4 Å². The minimum atomic E-state index is -0.493. The van der Waals surface area contributed by atoms with Crippen molar-refractivity contribution < 1.29 is 4.79 Å². The summed E-state index contributed by atoms with van der Waals surface area (Å²) < 4.78 is 3.71. The van der Waals surface area contributed by atoms with Crippen molar-refractivity contribution in [1.82, 2.24) is 23.7 Å². The van der Waals surface area contributed by atoms with Gasteiger partial charge in [-0.3, -0.25) is 18.7 Å². The van der Waals surface area contributed by atoms with Gasteiger partial charge in [0.1, 0.15) is 6.54 Å². The number of thiophene rings is 1. The second-order valence-corrected chi connectivity index (χ2v) is 8.39. The Morgan fingerprint density at radius 2 is 2.00 bits per heavy atom. The maximum atomic E-state index is 12.5. The summed E-state index contributed by atoms with van der Waals surface area (Å²) in [6.07, 6.45) is 1.38. The van der Waals surface area contributed by atoms with Gasteiger partial charge in [0.25, 0.3) is 5.56 Å². The number of rotatable bonds is 4. The SMILES string of the molecule is Cc1ccc(-c2csc(NC(=O)Cn3cnc4c3c(=O)n(C)c(=O)n4C)n2)s1. The van der Waals surface area contributed by atoms with E-state index in [1.54, 1.807) is 11.3 Å². The molecule has 0 aliphatic heterocycles. The number of aromatic nitrogens is 5. The van der Waals surface area contributed by atoms with Crippen molar-refractivity contribution in [3.05, 3.63) is 49.6 Å². The highest BCUT2D eigenvalue weighted by molar-refractivity contribution is 7.17. The van der Waals surface area contributed by atoms with Crippen molar-refractivity contribution in [2.75, 3.05) is 5.32 Å². The minimum absolute atomic E-state index is 0.114. The summed E-state index contributed by atoms with van der Waals surface area (Å²) in [5.74, 6) is -0.335. The van der Waals surface area contributed by atoms with E-state index in [0.717, 1.165) is 15.1 Å². The number of nitrogens with one attached hydrogen (secondary N) is 1. The number of aryl methyl sites for hydroxylation is 2. The van der Waals surface area contributed by atoms with E-state index in [4.69, 9.17) is 0 Å². The largest absolute Gasteiger partial charge is 0.332 e. The molecule has 0 aliphatic carbocycles. The van der Waals surface area contributed by atoms with Gasteiger partial charge in [0.05, 0.1) is 16.9 Å². The quantitative estimate of drug-likeness (QED) is 0.544. The highest BCUT2D eigenvalue weighted by Crippen LogP contribution is 2.30. The molecule has 4 aromatic heterocycles. The van der Waals surface area contributed by atoms with E-state index in [-0.39, 0.29) is 23.6 Å². The van der Waals surface area contributed by atoms with Crippen LogP contribution in [0.3, 0.4) is 0 Å². The van der Waals surface area contributed by atoms with E-state index in [2.05, 4.69) is 15.3 Å². The summed E-state index contributed by atoms with van der Waals surface area (Å²) in [5, 5.41) is 5.12. The molecule has 9 nitrogen and oxygen atoms in total. The van der Waals surface area contributed by atoms with Crippen LogP contribution in [0.5, 0.6) is 0 Å². The third kappa shape index (κ3) is 3.08. The molecular formula is C17H16N6O3S2. The molecular weight excluding hydrogens is 400 g/mol. The fourth-order valence-corrected chi connectivity index (χ4v) is 4.48. The lowest BCUT2D eigenvalue weighted by atomic mass is 10.4. The number of nitrogens with zero attached hydrogens (tertiary/aromatic N) is 5. The Morgan fingerprint density at radius 1 is 1.21 bits per heavy atom. The molecule has 0 unspecified atom stereocenters. The number of carbonyl (C=O) groups is 1. The van der Waals surface area contributed by atoms with Crippen LogP contribution >= 0.6 is 22.7 Å². The van der Waals surface area contributed by atoms with Crippen LogP contribution in [-0.2, 0) is 25.4 Å². The second kappa shape index (κ2) is 6.84. The van der Waals surface area contributed by atoms with Gasteiger partial charge in [-0.15, -0.1) is 22.7 Å². The molecule has 4 rings (SSSR count). The lowest BCUT2D eigenvalue weighted by Gasteiger charge is -2.06. The third-order valence-electron chi connectivity index (χ3n) is 4.27. The Labute approximate surface area is 166 Å². The Morgan fingerprint density at radius 3 is 2.71 bits per heavy atom. The molecule has 11 heteroatoms. The van der Waals surface area contributed by atoms with Crippen LogP contribution in [0.2, 0.25) is 0 Å². The van der Waals surface area contributed by atoms with Crippen molar-refractivity contribution in [2.24, 2.45) is 14.1 Å². The van der Waals surface area contributed by atoms with Crippen molar-refractivity contribution in [3.8, 4) is 10.6 Å². The fourth-order valence-electron chi connectivity index (χ4n) is 2.85. The molecule has 1 amide bonds. The molecule has 28 heavy (non-hydrogen) atoms. The first-order chi connectivity index (χ1) is 13.3. The molecule has 0 saturated heterocycles.